The molecule has 0 radical (unpaired) electrons. The highest BCUT2D eigenvalue weighted by Gasteiger charge is 2.04. The number of aromatic nitrogens is 1. The van der Waals surface area contributed by atoms with Gasteiger partial charge in [0, 0.05) is 6.07 Å². The minimum Gasteiger partial charge on any atom is -0.360 e. The molecule has 0 spiro atoms. The van der Waals surface area contributed by atoms with Crippen LogP contribution in [0.1, 0.15) is 16.9 Å². The van der Waals surface area contributed by atoms with Crippen molar-refractivity contribution in [1.29, 1.82) is 5.26 Å². The third-order valence-corrected chi connectivity index (χ3v) is 2.40. The van der Waals surface area contributed by atoms with Crippen LogP contribution in [0.3, 0.4) is 0 Å². The van der Waals surface area contributed by atoms with Crippen LogP contribution in [0.2, 0.25) is 0 Å². The summed E-state index contributed by atoms with van der Waals surface area (Å²) in [7, 11) is 0. The molecule has 0 bridgehead atoms. The molecule has 0 aliphatic carbocycles. The summed E-state index contributed by atoms with van der Waals surface area (Å²) < 4.78 is 4.86. The number of amides is 1. The van der Waals surface area contributed by atoms with Gasteiger partial charge >= 0.3 is 0 Å². The first-order chi connectivity index (χ1) is 8.78. The summed E-state index contributed by atoms with van der Waals surface area (Å²) in [5.41, 5.74) is 1.45. The first-order valence-electron chi connectivity index (χ1n) is 5.43. The van der Waals surface area contributed by atoms with Crippen LogP contribution in [-0.2, 0) is 17.8 Å². The molecule has 2 aromatic rings. The molecular formula is C13H11N3O2. The van der Waals surface area contributed by atoms with E-state index in [0.717, 1.165) is 5.56 Å². The van der Waals surface area contributed by atoms with Gasteiger partial charge in [-0.1, -0.05) is 17.3 Å². The van der Waals surface area contributed by atoms with E-state index in [4.69, 9.17) is 9.78 Å². The second-order valence-corrected chi connectivity index (χ2v) is 3.74. The van der Waals surface area contributed by atoms with Gasteiger partial charge in [-0.3, -0.25) is 4.79 Å². The zero-order chi connectivity index (χ0) is 12.8. The summed E-state index contributed by atoms with van der Waals surface area (Å²) in [4.78, 5) is 11.6. The van der Waals surface area contributed by atoms with Gasteiger partial charge in [0.1, 0.15) is 0 Å². The Bertz CT molecular complexity index is 553. The first-order valence-corrected chi connectivity index (χ1v) is 5.43. The molecular weight excluding hydrogens is 230 g/mol. The minimum atomic E-state index is -0.101. The standard InChI is InChI=1S/C13H11N3O2/c14-8-11-3-1-10(2-4-11)7-13(17)15-9-12-5-6-16-18-12/h1-6H,7,9H2,(H,15,17). The van der Waals surface area contributed by atoms with Crippen LogP contribution in [0.4, 0.5) is 0 Å². The van der Waals surface area contributed by atoms with E-state index in [1.54, 1.807) is 30.3 Å². The van der Waals surface area contributed by atoms with Gasteiger partial charge in [-0.2, -0.15) is 5.26 Å². The van der Waals surface area contributed by atoms with Crippen molar-refractivity contribution < 1.29 is 9.32 Å². The van der Waals surface area contributed by atoms with Crippen molar-refractivity contribution in [2.75, 3.05) is 0 Å². The van der Waals surface area contributed by atoms with Gasteiger partial charge < -0.3 is 9.84 Å². The molecule has 1 heterocycles. The lowest BCUT2D eigenvalue weighted by atomic mass is 10.1. The molecule has 90 valence electrons. The Morgan fingerprint density at radius 2 is 2.11 bits per heavy atom. The number of carbonyl (C=O) groups excluding carboxylic acids is 1. The van der Waals surface area contributed by atoms with Gasteiger partial charge in [0.2, 0.25) is 5.91 Å². The van der Waals surface area contributed by atoms with Crippen molar-refractivity contribution in [3.8, 4) is 6.07 Å². The lowest BCUT2D eigenvalue weighted by Gasteiger charge is -2.03. The van der Waals surface area contributed by atoms with Crippen molar-refractivity contribution in [2.24, 2.45) is 0 Å². The number of nitrogens with one attached hydrogen (secondary N) is 1. The maximum absolute atomic E-state index is 11.6. The van der Waals surface area contributed by atoms with Crippen LogP contribution < -0.4 is 5.32 Å². The number of rotatable bonds is 4. The molecule has 5 heteroatoms. The van der Waals surface area contributed by atoms with Gasteiger partial charge in [0.05, 0.1) is 30.8 Å². The van der Waals surface area contributed by atoms with Crippen molar-refractivity contribution in [1.82, 2.24) is 10.5 Å². The zero-order valence-corrected chi connectivity index (χ0v) is 9.59. The Morgan fingerprint density at radius 1 is 1.33 bits per heavy atom. The predicted octanol–water partition coefficient (Wildman–Crippen LogP) is 1.41. The summed E-state index contributed by atoms with van der Waals surface area (Å²) in [6.45, 7) is 0.328. The number of nitrogens with zero attached hydrogens (tertiary/aromatic N) is 2. The van der Waals surface area contributed by atoms with Crippen LogP contribution in [0.5, 0.6) is 0 Å². The summed E-state index contributed by atoms with van der Waals surface area (Å²) in [5, 5.41) is 14.9. The SMILES string of the molecule is N#Cc1ccc(CC(=O)NCc2ccno2)cc1. The molecule has 0 aliphatic rings. The van der Waals surface area contributed by atoms with E-state index in [1.807, 2.05) is 6.07 Å². The second-order valence-electron chi connectivity index (χ2n) is 3.74. The smallest absolute Gasteiger partial charge is 0.224 e. The number of hydrogen-bond donors (Lipinski definition) is 1. The second kappa shape index (κ2) is 5.64. The maximum Gasteiger partial charge on any atom is 0.224 e. The van der Waals surface area contributed by atoms with E-state index in [-0.39, 0.29) is 12.3 Å². The lowest BCUT2D eigenvalue weighted by molar-refractivity contribution is -0.120. The predicted molar refractivity (Wildman–Crippen MR) is 63.2 cm³/mol. The average Bonchev–Trinajstić information content (AvgIpc) is 2.90. The number of carbonyl (C=O) groups is 1. The number of nitriles is 1. The molecule has 2 rings (SSSR count). The van der Waals surface area contributed by atoms with E-state index in [9.17, 15) is 4.79 Å². The topological polar surface area (TPSA) is 78.9 Å². The van der Waals surface area contributed by atoms with Crippen LogP contribution in [0.15, 0.2) is 41.1 Å². The molecule has 5 nitrogen and oxygen atoms in total. The van der Waals surface area contributed by atoms with Crippen LogP contribution >= 0.6 is 0 Å². The van der Waals surface area contributed by atoms with Crippen molar-refractivity contribution in [2.45, 2.75) is 13.0 Å². The van der Waals surface area contributed by atoms with Crippen molar-refractivity contribution >= 4 is 5.91 Å². The molecule has 0 atom stereocenters. The van der Waals surface area contributed by atoms with E-state index in [2.05, 4.69) is 10.5 Å². The maximum atomic E-state index is 11.6. The highest BCUT2D eigenvalue weighted by molar-refractivity contribution is 5.78. The average molecular weight is 241 g/mol. The van der Waals surface area contributed by atoms with E-state index in [1.165, 1.54) is 6.20 Å². The Labute approximate surface area is 104 Å². The van der Waals surface area contributed by atoms with E-state index < -0.39 is 0 Å². The summed E-state index contributed by atoms with van der Waals surface area (Å²) in [6, 6.07) is 10.7. The monoisotopic (exact) mass is 241 g/mol. The molecule has 0 saturated carbocycles. The summed E-state index contributed by atoms with van der Waals surface area (Å²) in [5.74, 6) is 0.513. The molecule has 1 amide bonds. The van der Waals surface area contributed by atoms with Gasteiger partial charge in [-0.05, 0) is 17.7 Å². The molecule has 0 fully saturated rings. The van der Waals surface area contributed by atoms with E-state index in [0.29, 0.717) is 17.9 Å². The van der Waals surface area contributed by atoms with Crippen LogP contribution in [0.25, 0.3) is 0 Å². The number of hydrogen-bond acceptors (Lipinski definition) is 4. The number of benzene rings is 1. The fraction of sp³-hybridized carbons (Fsp3) is 0.154. The summed E-state index contributed by atoms with van der Waals surface area (Å²) >= 11 is 0. The van der Waals surface area contributed by atoms with Gasteiger partial charge in [-0.15, -0.1) is 0 Å². The Morgan fingerprint density at radius 3 is 2.72 bits per heavy atom. The molecule has 1 aromatic heterocycles. The third-order valence-electron chi connectivity index (χ3n) is 2.40. The fourth-order valence-electron chi connectivity index (χ4n) is 1.46. The molecule has 0 saturated heterocycles. The first kappa shape index (κ1) is 11.9. The fourth-order valence-corrected chi connectivity index (χ4v) is 1.46. The quantitative estimate of drug-likeness (QED) is 0.877. The minimum absolute atomic E-state index is 0.101. The molecule has 1 N–H and O–H groups in total. The van der Waals surface area contributed by atoms with Crippen LogP contribution in [-0.4, -0.2) is 11.1 Å². The van der Waals surface area contributed by atoms with Gasteiger partial charge in [0.15, 0.2) is 5.76 Å². The molecule has 18 heavy (non-hydrogen) atoms. The van der Waals surface area contributed by atoms with Crippen molar-refractivity contribution in [3.63, 3.8) is 0 Å². The molecule has 1 aromatic carbocycles. The normalized spacial score (nSPS) is 9.72. The largest absolute Gasteiger partial charge is 0.360 e. The molecule has 0 unspecified atom stereocenters. The summed E-state index contributed by atoms with van der Waals surface area (Å²) in [6.07, 6.45) is 1.81. The highest BCUT2D eigenvalue weighted by Crippen LogP contribution is 2.04. The van der Waals surface area contributed by atoms with Crippen molar-refractivity contribution in [3.05, 3.63) is 53.4 Å². The Kier molecular flexibility index (Phi) is 3.72. The molecule has 0 aliphatic heterocycles. The highest BCUT2D eigenvalue weighted by atomic mass is 16.5. The van der Waals surface area contributed by atoms with E-state index >= 15 is 0 Å². The van der Waals surface area contributed by atoms with Gasteiger partial charge in [0.25, 0.3) is 0 Å². The Hall–Kier alpha value is -2.61. The lowest BCUT2D eigenvalue weighted by Crippen LogP contribution is -2.24. The van der Waals surface area contributed by atoms with Gasteiger partial charge in [-0.25, -0.2) is 0 Å². The third kappa shape index (κ3) is 3.19. The van der Waals surface area contributed by atoms with Crippen LogP contribution in [0, 0.1) is 11.3 Å². The zero-order valence-electron chi connectivity index (χ0n) is 9.59. The Balaban J connectivity index is 1.85.